The van der Waals surface area contributed by atoms with Crippen molar-refractivity contribution >= 4 is 0 Å². The largest absolute Gasteiger partial charge is 0.507 e. The molecule has 0 spiro atoms. The van der Waals surface area contributed by atoms with Crippen LogP contribution >= 0.6 is 0 Å². The molecule has 1 aromatic carbocycles. The fourth-order valence-electron chi connectivity index (χ4n) is 1.11. The first-order chi connectivity index (χ1) is 6.06. The molecular weight excluding hydrogens is 175 g/mol. The Balaban J connectivity index is 3.23. The molecule has 13 heavy (non-hydrogen) atoms. The molecule has 1 unspecified atom stereocenters. The number of aromatic hydroxyl groups is 1. The van der Waals surface area contributed by atoms with Crippen molar-refractivity contribution < 1.29 is 19.3 Å². The number of aliphatic hydroxyl groups is 1. The summed E-state index contributed by atoms with van der Waals surface area (Å²) in [5.74, 6) is -0.752. The van der Waals surface area contributed by atoms with Gasteiger partial charge in [-0.2, -0.15) is 0 Å². The van der Waals surface area contributed by atoms with Crippen molar-refractivity contribution in [2.24, 2.45) is 0 Å². The van der Waals surface area contributed by atoms with Crippen LogP contribution in [0.4, 0.5) is 4.39 Å². The monoisotopic (exact) mass is 186 g/mol. The van der Waals surface area contributed by atoms with Gasteiger partial charge in [0.15, 0.2) is 0 Å². The summed E-state index contributed by atoms with van der Waals surface area (Å²) >= 11 is 0. The van der Waals surface area contributed by atoms with E-state index in [0.29, 0.717) is 0 Å². The molecule has 0 radical (unpaired) electrons. The van der Waals surface area contributed by atoms with Crippen LogP contribution in [0.25, 0.3) is 0 Å². The fourth-order valence-corrected chi connectivity index (χ4v) is 1.11. The molecule has 0 heterocycles. The van der Waals surface area contributed by atoms with Gasteiger partial charge >= 0.3 is 0 Å². The van der Waals surface area contributed by atoms with E-state index in [0.717, 1.165) is 6.07 Å². The number of hydrogen-bond donors (Lipinski definition) is 2. The third-order valence-electron chi connectivity index (χ3n) is 1.73. The number of ether oxygens (including phenoxy) is 1. The maximum Gasteiger partial charge on any atom is 0.136 e. The van der Waals surface area contributed by atoms with Crippen LogP contribution in [-0.4, -0.2) is 17.3 Å². The SMILES string of the molecule is COc1cc(O)c(C(C)O)c(F)c1. The van der Waals surface area contributed by atoms with Gasteiger partial charge in [0.1, 0.15) is 17.3 Å². The molecular formula is C9H11FO3. The summed E-state index contributed by atoms with van der Waals surface area (Å²) in [6, 6.07) is 2.37. The van der Waals surface area contributed by atoms with Crippen LogP contribution < -0.4 is 4.74 Å². The van der Waals surface area contributed by atoms with Gasteiger partial charge < -0.3 is 14.9 Å². The van der Waals surface area contributed by atoms with Crippen molar-refractivity contribution in [1.29, 1.82) is 0 Å². The molecule has 0 amide bonds. The Morgan fingerprint density at radius 2 is 2.08 bits per heavy atom. The molecule has 0 aromatic heterocycles. The summed E-state index contributed by atoms with van der Waals surface area (Å²) in [6.45, 7) is 1.38. The zero-order chi connectivity index (χ0) is 10.0. The van der Waals surface area contributed by atoms with E-state index in [2.05, 4.69) is 0 Å². The molecule has 1 atom stereocenters. The Labute approximate surface area is 75.4 Å². The normalized spacial score (nSPS) is 12.6. The average Bonchev–Trinajstić information content (AvgIpc) is 2.02. The molecule has 0 saturated heterocycles. The highest BCUT2D eigenvalue weighted by atomic mass is 19.1. The summed E-state index contributed by atoms with van der Waals surface area (Å²) in [5.41, 5.74) is -0.110. The summed E-state index contributed by atoms with van der Waals surface area (Å²) < 4.78 is 17.9. The minimum atomic E-state index is -1.04. The lowest BCUT2D eigenvalue weighted by Crippen LogP contribution is -1.97. The zero-order valence-electron chi connectivity index (χ0n) is 7.41. The number of methoxy groups -OCH3 is 1. The maximum absolute atomic E-state index is 13.1. The minimum absolute atomic E-state index is 0.110. The summed E-state index contributed by atoms with van der Waals surface area (Å²) in [7, 11) is 1.37. The lowest BCUT2D eigenvalue weighted by atomic mass is 10.1. The molecule has 4 heteroatoms. The van der Waals surface area contributed by atoms with Crippen molar-refractivity contribution in [3.05, 3.63) is 23.5 Å². The number of hydrogen-bond acceptors (Lipinski definition) is 3. The van der Waals surface area contributed by atoms with Crippen LogP contribution in [0.2, 0.25) is 0 Å². The van der Waals surface area contributed by atoms with Gasteiger partial charge in [-0.25, -0.2) is 4.39 Å². The third-order valence-corrected chi connectivity index (χ3v) is 1.73. The zero-order valence-corrected chi connectivity index (χ0v) is 7.41. The predicted molar refractivity (Wildman–Crippen MR) is 45.3 cm³/mol. The quantitative estimate of drug-likeness (QED) is 0.737. The van der Waals surface area contributed by atoms with E-state index in [1.165, 1.54) is 20.1 Å². The van der Waals surface area contributed by atoms with E-state index in [-0.39, 0.29) is 17.1 Å². The van der Waals surface area contributed by atoms with Gasteiger partial charge in [-0.15, -0.1) is 0 Å². The second-order valence-electron chi connectivity index (χ2n) is 2.72. The van der Waals surface area contributed by atoms with Crippen LogP contribution in [0.15, 0.2) is 12.1 Å². The molecule has 0 fully saturated rings. The van der Waals surface area contributed by atoms with E-state index in [4.69, 9.17) is 9.84 Å². The molecule has 0 saturated carbocycles. The highest BCUT2D eigenvalue weighted by molar-refractivity contribution is 5.41. The van der Waals surface area contributed by atoms with Crippen molar-refractivity contribution in [3.8, 4) is 11.5 Å². The summed E-state index contributed by atoms with van der Waals surface area (Å²) in [4.78, 5) is 0. The van der Waals surface area contributed by atoms with Crippen molar-refractivity contribution in [2.75, 3.05) is 7.11 Å². The lowest BCUT2D eigenvalue weighted by molar-refractivity contribution is 0.189. The summed E-state index contributed by atoms with van der Waals surface area (Å²) in [5, 5.41) is 18.4. The molecule has 3 nitrogen and oxygen atoms in total. The standard InChI is InChI=1S/C9H11FO3/c1-5(11)9-7(10)3-6(13-2)4-8(9)12/h3-5,11-12H,1-2H3. The minimum Gasteiger partial charge on any atom is -0.507 e. The van der Waals surface area contributed by atoms with E-state index in [9.17, 15) is 9.50 Å². The number of phenolic OH excluding ortho intramolecular Hbond substituents is 1. The first-order valence-corrected chi connectivity index (χ1v) is 3.80. The molecule has 1 rings (SSSR count). The Morgan fingerprint density at radius 3 is 2.46 bits per heavy atom. The van der Waals surface area contributed by atoms with Crippen LogP contribution in [0.5, 0.6) is 11.5 Å². The highest BCUT2D eigenvalue weighted by Crippen LogP contribution is 2.31. The first-order valence-electron chi connectivity index (χ1n) is 3.80. The Kier molecular flexibility index (Phi) is 2.72. The number of rotatable bonds is 2. The molecule has 2 N–H and O–H groups in total. The van der Waals surface area contributed by atoms with Crippen LogP contribution in [0.3, 0.4) is 0 Å². The average molecular weight is 186 g/mol. The van der Waals surface area contributed by atoms with E-state index >= 15 is 0 Å². The molecule has 1 aromatic rings. The smallest absolute Gasteiger partial charge is 0.136 e. The number of phenols is 1. The van der Waals surface area contributed by atoms with E-state index in [1.807, 2.05) is 0 Å². The predicted octanol–water partition coefficient (Wildman–Crippen LogP) is 1.59. The molecule has 0 bridgehead atoms. The van der Waals surface area contributed by atoms with Crippen molar-refractivity contribution in [2.45, 2.75) is 13.0 Å². The second kappa shape index (κ2) is 3.62. The Hall–Kier alpha value is -1.29. The Morgan fingerprint density at radius 1 is 1.46 bits per heavy atom. The topological polar surface area (TPSA) is 49.7 Å². The summed E-state index contributed by atoms with van der Waals surface area (Å²) in [6.07, 6.45) is -1.04. The van der Waals surface area contributed by atoms with Crippen molar-refractivity contribution in [1.82, 2.24) is 0 Å². The van der Waals surface area contributed by atoms with Crippen LogP contribution in [0, 0.1) is 5.82 Å². The van der Waals surface area contributed by atoms with Crippen LogP contribution in [-0.2, 0) is 0 Å². The first kappa shape index (κ1) is 9.80. The molecule has 0 aliphatic carbocycles. The van der Waals surface area contributed by atoms with Gasteiger partial charge in [0.2, 0.25) is 0 Å². The molecule has 0 aliphatic heterocycles. The van der Waals surface area contributed by atoms with Gasteiger partial charge in [0.05, 0.1) is 18.8 Å². The number of halogens is 1. The highest BCUT2D eigenvalue weighted by Gasteiger charge is 2.14. The van der Waals surface area contributed by atoms with Gasteiger partial charge in [0, 0.05) is 12.1 Å². The van der Waals surface area contributed by atoms with Crippen LogP contribution in [0.1, 0.15) is 18.6 Å². The van der Waals surface area contributed by atoms with E-state index in [1.54, 1.807) is 0 Å². The molecule has 0 aliphatic rings. The van der Waals surface area contributed by atoms with Crippen molar-refractivity contribution in [3.63, 3.8) is 0 Å². The number of aliphatic hydroxyl groups excluding tert-OH is 1. The van der Waals surface area contributed by atoms with Gasteiger partial charge in [-0.1, -0.05) is 0 Å². The molecule has 72 valence electrons. The lowest BCUT2D eigenvalue weighted by Gasteiger charge is -2.10. The third kappa shape index (κ3) is 1.89. The van der Waals surface area contributed by atoms with E-state index < -0.39 is 11.9 Å². The Bertz CT molecular complexity index is 287. The van der Waals surface area contributed by atoms with Gasteiger partial charge in [-0.3, -0.25) is 0 Å². The second-order valence-corrected chi connectivity index (χ2v) is 2.72. The fraction of sp³-hybridized carbons (Fsp3) is 0.333. The van der Waals surface area contributed by atoms with Gasteiger partial charge in [0.25, 0.3) is 0 Å². The maximum atomic E-state index is 13.1. The number of benzene rings is 1. The van der Waals surface area contributed by atoms with Gasteiger partial charge in [-0.05, 0) is 6.92 Å².